The zero-order valence-corrected chi connectivity index (χ0v) is 21.8. The molecule has 1 heterocycles. The van der Waals surface area contributed by atoms with E-state index in [0.717, 1.165) is 21.9 Å². The van der Waals surface area contributed by atoms with Crippen LogP contribution in [0.1, 0.15) is 68.1 Å². The Morgan fingerprint density at radius 1 is 1.13 bits per heavy atom. The van der Waals surface area contributed by atoms with Crippen LogP contribution >= 0.6 is 0 Å². The number of amides is 2. The first-order valence-corrected chi connectivity index (χ1v) is 11.1. The number of carbonyl (C=O) groups excluding carboxylic acids is 2. The molecule has 2 amide bonds. The maximum atomic E-state index is 12.6. The number of urea groups is 1. The van der Waals surface area contributed by atoms with Crippen molar-refractivity contribution in [3.8, 4) is 0 Å². The molecule has 0 aliphatic rings. The van der Waals surface area contributed by atoms with E-state index in [4.69, 9.17) is 4.74 Å². The molecular weight excluding hydrogens is 431 g/mol. The Morgan fingerprint density at radius 3 is 2.16 bits per heavy atom. The molecule has 0 spiro atoms. The second-order valence-electron chi connectivity index (χ2n) is 7.39. The van der Waals surface area contributed by atoms with Gasteiger partial charge in [0.1, 0.15) is 5.69 Å². The van der Waals surface area contributed by atoms with Gasteiger partial charge in [-0.15, -0.1) is 0 Å². The fourth-order valence-electron chi connectivity index (χ4n) is 2.98. The van der Waals surface area contributed by atoms with Crippen molar-refractivity contribution in [1.82, 2.24) is 14.5 Å². The van der Waals surface area contributed by atoms with Gasteiger partial charge in [0.2, 0.25) is 0 Å². The van der Waals surface area contributed by atoms with Gasteiger partial charge >= 0.3 is 12.0 Å². The van der Waals surface area contributed by atoms with Crippen LogP contribution in [0.2, 0.25) is 0 Å². The number of esters is 1. The van der Waals surface area contributed by atoms with Crippen LogP contribution in [0, 0.1) is 0 Å². The Hall–Kier alpha value is -1.88. The minimum absolute atomic E-state index is 0. The maximum Gasteiger partial charge on any atom is 0.356 e. The van der Waals surface area contributed by atoms with Crippen molar-refractivity contribution in [1.29, 1.82) is 0 Å². The van der Waals surface area contributed by atoms with E-state index in [2.05, 4.69) is 10.4 Å². The van der Waals surface area contributed by atoms with Crippen molar-refractivity contribution < 1.29 is 22.7 Å². The first-order valence-electron chi connectivity index (χ1n) is 9.65. The molecule has 1 radical (unpaired) electrons. The summed E-state index contributed by atoms with van der Waals surface area (Å²) in [7, 11) is -2.88. The maximum absolute atomic E-state index is 12.6. The Balaban J connectivity index is 0.00000480. The number of benzene rings is 1. The summed E-state index contributed by atoms with van der Waals surface area (Å²) in [5, 5.41) is 6.05. The topological polar surface area (TPSA) is 119 Å². The standard InChI is InChI=1S/C20H28N4O5S.Na/c1-7-29-19(25)16-11-17(22-24(16)6)30(27,28)23-20(26)21-18-14(12(2)3)9-8-10-15(18)13(4)5;/h8-13H,7H2,1-6H3,(H2,21,23,26);. The predicted octanol–water partition coefficient (Wildman–Crippen LogP) is 2.97. The molecular formula is C20H28N4NaO5S. The van der Waals surface area contributed by atoms with Crippen LogP contribution in [0.4, 0.5) is 10.5 Å². The molecule has 0 bridgehead atoms. The van der Waals surface area contributed by atoms with E-state index in [1.54, 1.807) is 6.92 Å². The van der Waals surface area contributed by atoms with Crippen molar-refractivity contribution in [3.05, 3.63) is 41.1 Å². The van der Waals surface area contributed by atoms with Crippen LogP contribution in [0.15, 0.2) is 29.3 Å². The Kier molecular flexibility index (Phi) is 9.74. The van der Waals surface area contributed by atoms with E-state index < -0.39 is 27.0 Å². The molecule has 0 atom stereocenters. The SMILES string of the molecule is CCOC(=O)c1cc(S(=O)(=O)NC(=O)Nc2c(C(C)C)cccc2C(C)C)nn1C.[Na]. The van der Waals surface area contributed by atoms with Crippen LogP contribution in [-0.2, 0) is 21.8 Å². The molecule has 0 saturated carbocycles. The molecule has 0 aliphatic heterocycles. The average Bonchev–Trinajstić information content (AvgIpc) is 3.04. The largest absolute Gasteiger partial charge is 0.461 e. The van der Waals surface area contributed by atoms with Gasteiger partial charge in [-0.05, 0) is 29.9 Å². The molecule has 0 unspecified atom stereocenters. The summed E-state index contributed by atoms with van der Waals surface area (Å²) < 4.78 is 33.2. The summed E-state index contributed by atoms with van der Waals surface area (Å²) in [6.45, 7) is 9.74. The van der Waals surface area contributed by atoms with E-state index in [1.165, 1.54) is 7.05 Å². The summed E-state index contributed by atoms with van der Waals surface area (Å²) in [5.41, 5.74) is 2.35. The van der Waals surface area contributed by atoms with Gasteiger partial charge in [0.05, 0.1) is 6.61 Å². The van der Waals surface area contributed by atoms with E-state index >= 15 is 0 Å². The molecule has 2 N–H and O–H groups in total. The summed E-state index contributed by atoms with van der Waals surface area (Å²) >= 11 is 0. The van der Waals surface area contributed by atoms with Gasteiger partial charge < -0.3 is 10.1 Å². The third-order valence-electron chi connectivity index (χ3n) is 4.46. The van der Waals surface area contributed by atoms with Crippen molar-refractivity contribution >= 4 is 57.3 Å². The van der Waals surface area contributed by atoms with Gasteiger partial charge in [0, 0.05) is 48.4 Å². The zero-order valence-electron chi connectivity index (χ0n) is 19.0. The van der Waals surface area contributed by atoms with Crippen LogP contribution in [0.3, 0.4) is 0 Å². The number of hydrogen-bond acceptors (Lipinski definition) is 6. The number of aryl methyl sites for hydroxylation is 1. The molecule has 165 valence electrons. The van der Waals surface area contributed by atoms with Gasteiger partial charge in [-0.25, -0.2) is 14.3 Å². The number of rotatable bonds is 7. The number of aromatic nitrogens is 2. The monoisotopic (exact) mass is 459 g/mol. The quantitative estimate of drug-likeness (QED) is 0.485. The zero-order chi connectivity index (χ0) is 22.6. The number of hydrogen-bond donors (Lipinski definition) is 2. The minimum atomic E-state index is -4.30. The Labute approximate surface area is 205 Å². The van der Waals surface area contributed by atoms with E-state index in [0.29, 0.717) is 5.69 Å². The van der Waals surface area contributed by atoms with Gasteiger partial charge in [0.15, 0.2) is 5.03 Å². The summed E-state index contributed by atoms with van der Waals surface area (Å²) in [6, 6.07) is 5.86. The first kappa shape index (κ1) is 27.2. The van der Waals surface area contributed by atoms with Crippen LogP contribution in [0.5, 0.6) is 0 Å². The van der Waals surface area contributed by atoms with Crippen LogP contribution < -0.4 is 10.0 Å². The summed E-state index contributed by atoms with van der Waals surface area (Å²) in [4.78, 5) is 24.4. The number of ether oxygens (including phenoxy) is 1. The second kappa shape index (κ2) is 11.1. The normalized spacial score (nSPS) is 11.2. The molecule has 9 nitrogen and oxygen atoms in total. The molecule has 1 aromatic carbocycles. The van der Waals surface area contributed by atoms with Crippen LogP contribution in [-0.4, -0.2) is 66.4 Å². The van der Waals surface area contributed by atoms with Crippen molar-refractivity contribution in [2.75, 3.05) is 11.9 Å². The molecule has 1 aromatic heterocycles. The summed E-state index contributed by atoms with van der Waals surface area (Å²) in [5.74, 6) is -0.456. The Morgan fingerprint density at radius 2 is 1.68 bits per heavy atom. The number of nitrogens with one attached hydrogen (secondary N) is 2. The van der Waals surface area contributed by atoms with Crippen LogP contribution in [0.25, 0.3) is 0 Å². The predicted molar refractivity (Wildman–Crippen MR) is 119 cm³/mol. The number of nitrogens with zero attached hydrogens (tertiary/aromatic N) is 2. The van der Waals surface area contributed by atoms with Crippen molar-refractivity contribution in [2.45, 2.75) is 51.5 Å². The fraction of sp³-hybridized carbons (Fsp3) is 0.450. The number of para-hydroxylation sites is 1. The van der Waals surface area contributed by atoms with E-state index in [-0.39, 0.29) is 53.7 Å². The average molecular weight is 460 g/mol. The molecule has 0 aliphatic carbocycles. The fourth-order valence-corrected chi connectivity index (χ4v) is 3.87. The molecule has 0 fully saturated rings. The molecule has 11 heteroatoms. The van der Waals surface area contributed by atoms with Crippen molar-refractivity contribution in [3.63, 3.8) is 0 Å². The van der Waals surface area contributed by atoms with Crippen molar-refractivity contribution in [2.24, 2.45) is 7.05 Å². The third-order valence-corrected chi connectivity index (χ3v) is 5.66. The van der Waals surface area contributed by atoms with E-state index in [1.807, 2.05) is 50.6 Å². The number of sulfonamides is 1. The minimum Gasteiger partial charge on any atom is -0.461 e. The molecule has 2 rings (SSSR count). The van der Waals surface area contributed by atoms with Gasteiger partial charge in [-0.1, -0.05) is 45.9 Å². The van der Waals surface area contributed by atoms with E-state index in [9.17, 15) is 18.0 Å². The van der Waals surface area contributed by atoms with Gasteiger partial charge in [0.25, 0.3) is 10.0 Å². The molecule has 31 heavy (non-hydrogen) atoms. The third kappa shape index (κ3) is 6.55. The smallest absolute Gasteiger partial charge is 0.356 e. The molecule has 2 aromatic rings. The molecule has 0 saturated heterocycles. The van der Waals surface area contributed by atoms with Gasteiger partial charge in [-0.3, -0.25) is 4.68 Å². The second-order valence-corrected chi connectivity index (χ2v) is 9.02. The first-order chi connectivity index (χ1) is 14.0. The van der Waals surface area contributed by atoms with Gasteiger partial charge in [-0.2, -0.15) is 13.5 Å². The number of anilines is 1. The summed E-state index contributed by atoms with van der Waals surface area (Å²) in [6.07, 6.45) is 0. The number of carbonyl (C=O) groups is 2. The Bertz CT molecular complexity index is 1020.